The van der Waals surface area contributed by atoms with Crippen molar-refractivity contribution < 1.29 is 28.2 Å². The summed E-state index contributed by atoms with van der Waals surface area (Å²) < 4.78 is 22.9. The van der Waals surface area contributed by atoms with Crippen LogP contribution in [-0.4, -0.2) is 43.5 Å². The van der Waals surface area contributed by atoms with Crippen LogP contribution in [-0.2, 0) is 18.4 Å². The second-order valence-corrected chi connectivity index (χ2v) is 13.5. The fourth-order valence-electron chi connectivity index (χ4n) is 5.71. The number of likely N-dealkylation sites (tertiary alicyclic amines) is 1. The maximum Gasteiger partial charge on any atom is 0.472 e. The highest BCUT2D eigenvalue weighted by atomic mass is 31.2. The maximum absolute atomic E-state index is 12.3. The number of hydrogen-bond donors (Lipinski definition) is 2. The Labute approximate surface area is 242 Å². The summed E-state index contributed by atoms with van der Waals surface area (Å²) in [5.41, 5.74) is 0. The van der Waals surface area contributed by atoms with Crippen LogP contribution in [0.15, 0.2) is 0 Å². The molecule has 1 aliphatic heterocycles. The van der Waals surface area contributed by atoms with Crippen molar-refractivity contribution >= 4 is 13.6 Å². The lowest BCUT2D eigenvalue weighted by Crippen LogP contribution is -3.09. The standard InChI is InChI=1S/C32H64NO5P/c1-3-5-6-7-8-9-10-11-12-13-14-15-16-17-18-19-24-31(29-32(34)4-2)30-38-39(35,36)37-28-23-22-27-33-25-20-21-26-33/h31H,3-30H2,1-2H3,(H,35,36)/p+1. The van der Waals surface area contributed by atoms with Crippen molar-refractivity contribution in [3.63, 3.8) is 0 Å². The van der Waals surface area contributed by atoms with E-state index in [-0.39, 0.29) is 24.9 Å². The van der Waals surface area contributed by atoms with E-state index in [4.69, 9.17) is 9.05 Å². The van der Waals surface area contributed by atoms with Crippen LogP contribution in [0.4, 0.5) is 0 Å². The number of nitrogens with one attached hydrogen (secondary N) is 1. The van der Waals surface area contributed by atoms with Crippen molar-refractivity contribution in [2.24, 2.45) is 5.92 Å². The molecule has 2 N–H and O–H groups in total. The minimum Gasteiger partial charge on any atom is -0.335 e. The Morgan fingerprint density at radius 2 is 1.26 bits per heavy atom. The molecule has 2 atom stereocenters. The van der Waals surface area contributed by atoms with E-state index in [1.54, 1.807) is 4.90 Å². The number of phosphoric acid groups is 1. The van der Waals surface area contributed by atoms with Gasteiger partial charge in [0.25, 0.3) is 0 Å². The molecule has 1 aliphatic rings. The monoisotopic (exact) mass is 574 g/mol. The average molecular weight is 575 g/mol. The molecule has 0 bridgehead atoms. The number of carbonyl (C=O) groups is 1. The number of carbonyl (C=O) groups excluding carboxylic acids is 1. The van der Waals surface area contributed by atoms with E-state index in [1.165, 1.54) is 116 Å². The molecule has 0 spiro atoms. The number of ketones is 1. The third kappa shape index (κ3) is 23.0. The molecule has 1 rings (SSSR count). The van der Waals surface area contributed by atoms with E-state index < -0.39 is 7.82 Å². The van der Waals surface area contributed by atoms with E-state index >= 15 is 0 Å². The van der Waals surface area contributed by atoms with Gasteiger partial charge in [-0.15, -0.1) is 0 Å². The fourth-order valence-corrected chi connectivity index (χ4v) is 6.54. The zero-order valence-corrected chi connectivity index (χ0v) is 26.8. The SMILES string of the molecule is CCCCCCCCCCCCCCCCCCC(COP(=O)(O)OCCCC[NH+]1CCCC1)CC(=O)CC. The fraction of sp³-hybridized carbons (Fsp3) is 0.969. The lowest BCUT2D eigenvalue weighted by molar-refractivity contribution is -0.887. The van der Waals surface area contributed by atoms with Crippen molar-refractivity contribution in [2.75, 3.05) is 32.8 Å². The first kappa shape index (κ1) is 36.8. The molecule has 0 aromatic heterocycles. The third-order valence-corrected chi connectivity index (χ3v) is 9.32. The largest absolute Gasteiger partial charge is 0.472 e. The number of phosphoric ester groups is 1. The number of Topliss-reactive ketones (excluding diaryl/α,β-unsaturated/α-hetero) is 1. The molecule has 2 unspecified atom stereocenters. The van der Waals surface area contributed by atoms with E-state index in [9.17, 15) is 14.3 Å². The second kappa shape index (κ2) is 25.5. The van der Waals surface area contributed by atoms with Gasteiger partial charge in [0.15, 0.2) is 0 Å². The van der Waals surface area contributed by atoms with Crippen LogP contribution >= 0.6 is 7.82 Å². The molecule has 0 amide bonds. The van der Waals surface area contributed by atoms with Gasteiger partial charge < -0.3 is 9.79 Å². The zero-order chi connectivity index (χ0) is 28.4. The van der Waals surface area contributed by atoms with Crippen LogP contribution < -0.4 is 4.90 Å². The highest BCUT2D eigenvalue weighted by Crippen LogP contribution is 2.44. The maximum atomic E-state index is 12.3. The van der Waals surface area contributed by atoms with Crippen LogP contribution in [0.25, 0.3) is 0 Å². The average Bonchev–Trinajstić information content (AvgIpc) is 3.44. The Morgan fingerprint density at radius 3 is 1.77 bits per heavy atom. The summed E-state index contributed by atoms with van der Waals surface area (Å²) >= 11 is 0. The van der Waals surface area contributed by atoms with Gasteiger partial charge >= 0.3 is 7.82 Å². The predicted molar refractivity (Wildman–Crippen MR) is 163 cm³/mol. The van der Waals surface area contributed by atoms with Gasteiger partial charge in [0.05, 0.1) is 32.8 Å². The van der Waals surface area contributed by atoms with Crippen LogP contribution in [0.2, 0.25) is 0 Å². The number of quaternary nitrogens is 1. The Kier molecular flexibility index (Phi) is 24.0. The van der Waals surface area contributed by atoms with Crippen molar-refractivity contribution in [3.05, 3.63) is 0 Å². The van der Waals surface area contributed by atoms with Gasteiger partial charge in [-0.25, -0.2) is 4.57 Å². The highest BCUT2D eigenvalue weighted by molar-refractivity contribution is 7.47. The Bertz CT molecular complexity index is 611. The Morgan fingerprint density at radius 1 is 0.744 bits per heavy atom. The molecule has 0 aromatic carbocycles. The molecule has 7 heteroatoms. The van der Waals surface area contributed by atoms with Gasteiger partial charge in [-0.2, -0.15) is 0 Å². The smallest absolute Gasteiger partial charge is 0.335 e. The van der Waals surface area contributed by atoms with Crippen molar-refractivity contribution in [2.45, 2.75) is 162 Å². The van der Waals surface area contributed by atoms with Crippen molar-refractivity contribution in [1.82, 2.24) is 0 Å². The summed E-state index contributed by atoms with van der Waals surface area (Å²) in [4.78, 5) is 23.8. The van der Waals surface area contributed by atoms with Crippen LogP contribution in [0, 0.1) is 5.92 Å². The summed E-state index contributed by atoms with van der Waals surface area (Å²) in [6.45, 7) is 8.13. The van der Waals surface area contributed by atoms with Gasteiger partial charge in [0.1, 0.15) is 5.78 Å². The van der Waals surface area contributed by atoms with Crippen LogP contribution in [0.5, 0.6) is 0 Å². The molecular weight excluding hydrogens is 509 g/mol. The van der Waals surface area contributed by atoms with E-state index in [0.717, 1.165) is 38.6 Å². The molecule has 1 saturated heterocycles. The normalized spacial score (nSPS) is 16.5. The Balaban J connectivity index is 2.05. The van der Waals surface area contributed by atoms with E-state index in [0.29, 0.717) is 12.8 Å². The molecule has 0 radical (unpaired) electrons. The molecule has 232 valence electrons. The number of rotatable bonds is 29. The summed E-state index contributed by atoms with van der Waals surface area (Å²) in [6.07, 6.45) is 27.6. The summed E-state index contributed by atoms with van der Waals surface area (Å²) in [7, 11) is -4.06. The number of unbranched alkanes of at least 4 members (excludes halogenated alkanes) is 16. The minimum absolute atomic E-state index is 0.00747. The Hall–Kier alpha value is -0.260. The van der Waals surface area contributed by atoms with Crippen molar-refractivity contribution in [1.29, 1.82) is 0 Å². The zero-order valence-electron chi connectivity index (χ0n) is 25.9. The van der Waals surface area contributed by atoms with Gasteiger partial charge in [-0.05, 0) is 25.2 Å². The molecule has 39 heavy (non-hydrogen) atoms. The molecule has 0 aliphatic carbocycles. The van der Waals surface area contributed by atoms with Gasteiger partial charge in [0.2, 0.25) is 0 Å². The van der Waals surface area contributed by atoms with Crippen LogP contribution in [0.3, 0.4) is 0 Å². The van der Waals surface area contributed by atoms with E-state index in [2.05, 4.69) is 6.92 Å². The summed E-state index contributed by atoms with van der Waals surface area (Å²) in [5.74, 6) is 0.185. The number of hydrogen-bond acceptors (Lipinski definition) is 4. The summed E-state index contributed by atoms with van der Waals surface area (Å²) in [6, 6.07) is 0. The lowest BCUT2D eigenvalue weighted by Gasteiger charge is -2.19. The van der Waals surface area contributed by atoms with Gasteiger partial charge in [0, 0.05) is 25.7 Å². The van der Waals surface area contributed by atoms with Gasteiger partial charge in [-0.3, -0.25) is 13.8 Å². The van der Waals surface area contributed by atoms with E-state index in [1.807, 2.05) is 6.92 Å². The first-order chi connectivity index (χ1) is 19.0. The third-order valence-electron chi connectivity index (χ3n) is 8.34. The van der Waals surface area contributed by atoms with Crippen LogP contribution in [0.1, 0.15) is 162 Å². The first-order valence-corrected chi connectivity index (χ1v) is 18.4. The molecule has 6 nitrogen and oxygen atoms in total. The highest BCUT2D eigenvalue weighted by Gasteiger charge is 2.24. The molecule has 1 fully saturated rings. The quantitative estimate of drug-likeness (QED) is 0.0695. The minimum atomic E-state index is -4.06. The van der Waals surface area contributed by atoms with Gasteiger partial charge in [-0.1, -0.05) is 117 Å². The molecule has 1 heterocycles. The lowest BCUT2D eigenvalue weighted by atomic mass is 9.95. The second-order valence-electron chi connectivity index (χ2n) is 12.1. The summed E-state index contributed by atoms with van der Waals surface area (Å²) in [5, 5.41) is 0. The molecule has 0 saturated carbocycles. The predicted octanol–water partition coefficient (Wildman–Crippen LogP) is 8.22. The first-order valence-electron chi connectivity index (χ1n) is 16.9. The van der Waals surface area contributed by atoms with Crippen molar-refractivity contribution in [3.8, 4) is 0 Å². The topological polar surface area (TPSA) is 77.3 Å². The molecule has 0 aromatic rings. The molecular formula is C32H65NO5P+.